The van der Waals surface area contributed by atoms with Crippen LogP contribution in [0.1, 0.15) is 92.4 Å². The highest BCUT2D eigenvalue weighted by Gasteiger charge is 2.24. The van der Waals surface area contributed by atoms with Crippen molar-refractivity contribution in [1.29, 1.82) is 0 Å². The van der Waals surface area contributed by atoms with Crippen LogP contribution in [-0.2, 0) is 4.74 Å². The van der Waals surface area contributed by atoms with Crippen LogP contribution in [0.3, 0.4) is 0 Å². The number of carbonyl (C=O) groups excluding carboxylic acids is 1. The van der Waals surface area contributed by atoms with Crippen molar-refractivity contribution >= 4 is 6.16 Å². The monoisotopic (exact) mass is 345 g/mol. The van der Waals surface area contributed by atoms with Crippen molar-refractivity contribution in [1.82, 2.24) is 0 Å². The molecular weight excluding hydrogens is 302 g/mol. The predicted octanol–water partition coefficient (Wildman–Crippen LogP) is 4.76. The minimum atomic E-state index is -1.44. The molecule has 0 aromatic rings. The summed E-state index contributed by atoms with van der Waals surface area (Å²) >= 11 is 0. The SMILES string of the molecule is CCCC[N+](CCCC)(CCCC)CCCC.CCCOC(=O)[O-]. The van der Waals surface area contributed by atoms with Gasteiger partial charge in [0.15, 0.2) is 0 Å². The number of quaternary nitrogens is 1. The molecule has 0 fully saturated rings. The largest absolute Gasteiger partial charge is 0.550 e. The molecule has 0 bridgehead atoms. The van der Waals surface area contributed by atoms with Gasteiger partial charge in [0.25, 0.3) is 6.16 Å². The summed E-state index contributed by atoms with van der Waals surface area (Å²) in [5, 5.41) is 9.42. The van der Waals surface area contributed by atoms with Crippen LogP contribution >= 0.6 is 0 Å². The molecule has 0 aromatic heterocycles. The molecule has 0 saturated carbocycles. The molecule has 146 valence electrons. The maximum Gasteiger partial charge on any atom is 0.251 e. The van der Waals surface area contributed by atoms with Gasteiger partial charge in [-0.25, -0.2) is 0 Å². The van der Waals surface area contributed by atoms with Crippen LogP contribution in [0.4, 0.5) is 4.79 Å². The maximum absolute atomic E-state index is 9.42. The van der Waals surface area contributed by atoms with Gasteiger partial charge < -0.3 is 19.1 Å². The number of carbonyl (C=O) groups is 1. The molecule has 0 unspecified atom stereocenters. The van der Waals surface area contributed by atoms with Crippen LogP contribution < -0.4 is 5.11 Å². The van der Waals surface area contributed by atoms with Crippen LogP contribution in [0.25, 0.3) is 0 Å². The zero-order valence-electron chi connectivity index (χ0n) is 17.1. The summed E-state index contributed by atoms with van der Waals surface area (Å²) in [4.78, 5) is 9.42. The van der Waals surface area contributed by atoms with E-state index in [-0.39, 0.29) is 6.61 Å². The Labute approximate surface area is 151 Å². The second-order valence-electron chi connectivity index (χ2n) is 6.75. The molecule has 0 aromatic carbocycles. The van der Waals surface area contributed by atoms with E-state index < -0.39 is 6.16 Å². The molecule has 24 heavy (non-hydrogen) atoms. The number of rotatable bonds is 14. The summed E-state index contributed by atoms with van der Waals surface area (Å²) in [7, 11) is 0. The molecule has 4 heteroatoms. The highest BCUT2D eigenvalue weighted by Crippen LogP contribution is 2.16. The number of nitrogens with zero attached hydrogens (tertiary/aromatic N) is 1. The van der Waals surface area contributed by atoms with E-state index in [1.165, 1.54) is 82.0 Å². The molecule has 0 amide bonds. The third kappa shape index (κ3) is 16.1. The lowest BCUT2D eigenvalue weighted by molar-refractivity contribution is -0.929. The first-order valence-corrected chi connectivity index (χ1v) is 10.2. The van der Waals surface area contributed by atoms with Crippen molar-refractivity contribution in [2.24, 2.45) is 0 Å². The van der Waals surface area contributed by atoms with Crippen molar-refractivity contribution in [3.8, 4) is 0 Å². The number of unbranched alkanes of at least 4 members (excludes halogenated alkanes) is 4. The third-order valence-electron chi connectivity index (χ3n) is 4.37. The van der Waals surface area contributed by atoms with Gasteiger partial charge in [-0.2, -0.15) is 0 Å². The number of hydrogen-bond donors (Lipinski definition) is 0. The third-order valence-corrected chi connectivity index (χ3v) is 4.37. The molecule has 0 N–H and O–H groups in total. The van der Waals surface area contributed by atoms with Crippen molar-refractivity contribution < 1.29 is 19.1 Å². The first kappa shape index (κ1) is 25.5. The van der Waals surface area contributed by atoms with Crippen molar-refractivity contribution in [3.63, 3.8) is 0 Å². The van der Waals surface area contributed by atoms with Gasteiger partial charge in [0.05, 0.1) is 26.2 Å². The summed E-state index contributed by atoms with van der Waals surface area (Å²) in [6.07, 6.45) is 10.3. The topological polar surface area (TPSA) is 49.4 Å². The van der Waals surface area contributed by atoms with E-state index in [1.807, 2.05) is 6.92 Å². The zero-order valence-corrected chi connectivity index (χ0v) is 17.1. The number of carboxylic acid groups (broad SMARTS) is 1. The van der Waals surface area contributed by atoms with Crippen LogP contribution in [0.2, 0.25) is 0 Å². The van der Waals surface area contributed by atoms with E-state index in [1.54, 1.807) is 0 Å². The molecule has 0 heterocycles. The summed E-state index contributed by atoms with van der Waals surface area (Å²) in [6, 6.07) is 0. The lowest BCUT2D eigenvalue weighted by atomic mass is 10.1. The van der Waals surface area contributed by atoms with Gasteiger partial charge in [-0.1, -0.05) is 60.3 Å². The van der Waals surface area contributed by atoms with Crippen LogP contribution in [-0.4, -0.2) is 43.4 Å². The maximum atomic E-state index is 9.42. The molecule has 0 radical (unpaired) electrons. The fourth-order valence-electron chi connectivity index (χ4n) is 2.83. The molecule has 0 rings (SSSR count). The first-order chi connectivity index (χ1) is 11.5. The van der Waals surface area contributed by atoms with E-state index >= 15 is 0 Å². The Bertz CT molecular complexity index is 232. The summed E-state index contributed by atoms with van der Waals surface area (Å²) in [5.74, 6) is 0. The van der Waals surface area contributed by atoms with Gasteiger partial charge >= 0.3 is 0 Å². The lowest BCUT2D eigenvalue weighted by Crippen LogP contribution is -2.50. The van der Waals surface area contributed by atoms with Gasteiger partial charge in [-0.05, 0) is 32.1 Å². The Morgan fingerprint density at radius 2 is 1.04 bits per heavy atom. The molecule has 4 nitrogen and oxygen atoms in total. The Hall–Kier alpha value is -0.770. The Balaban J connectivity index is 0. The first-order valence-electron chi connectivity index (χ1n) is 10.2. The van der Waals surface area contributed by atoms with Crippen LogP contribution in [0.5, 0.6) is 0 Å². The summed E-state index contributed by atoms with van der Waals surface area (Å²) in [6.45, 7) is 17.1. The molecule has 0 aliphatic heterocycles. The van der Waals surface area contributed by atoms with E-state index in [4.69, 9.17) is 0 Å². The van der Waals surface area contributed by atoms with Gasteiger partial charge in [-0.15, -0.1) is 0 Å². The van der Waals surface area contributed by atoms with E-state index in [2.05, 4.69) is 32.4 Å². The minimum absolute atomic E-state index is 0.238. The number of ether oxygens (including phenoxy) is 1. The molecule has 0 atom stereocenters. The van der Waals surface area contributed by atoms with Gasteiger partial charge in [0, 0.05) is 6.61 Å². The highest BCUT2D eigenvalue weighted by molar-refractivity contribution is 5.53. The van der Waals surface area contributed by atoms with Crippen LogP contribution in [0.15, 0.2) is 0 Å². The van der Waals surface area contributed by atoms with Crippen molar-refractivity contribution in [3.05, 3.63) is 0 Å². The van der Waals surface area contributed by atoms with E-state index in [0.29, 0.717) is 6.42 Å². The van der Waals surface area contributed by atoms with E-state index in [9.17, 15) is 9.90 Å². The average Bonchev–Trinajstić information content (AvgIpc) is 2.59. The molecule has 0 aliphatic rings. The highest BCUT2D eigenvalue weighted by atomic mass is 16.7. The lowest BCUT2D eigenvalue weighted by Gasteiger charge is -2.39. The fourth-order valence-corrected chi connectivity index (χ4v) is 2.83. The van der Waals surface area contributed by atoms with E-state index in [0.717, 1.165) is 0 Å². The Morgan fingerprint density at radius 3 is 1.21 bits per heavy atom. The normalized spacial score (nSPS) is 10.9. The van der Waals surface area contributed by atoms with Crippen molar-refractivity contribution in [2.75, 3.05) is 32.8 Å². The quantitative estimate of drug-likeness (QED) is 0.337. The standard InChI is InChI=1S/C16H36N.C4H8O3/c1-5-9-13-17(14-10-6-2,15-11-7-3)16-12-8-4;1-2-3-7-4(5)6/h5-16H2,1-4H3;2-3H2,1H3,(H,5,6)/q+1;/p-1. The van der Waals surface area contributed by atoms with Crippen LogP contribution in [0, 0.1) is 0 Å². The Kier molecular flexibility index (Phi) is 19.7. The molecular formula is C20H43NO3. The smallest absolute Gasteiger partial charge is 0.251 e. The molecule has 0 spiro atoms. The predicted molar refractivity (Wildman–Crippen MR) is 101 cm³/mol. The van der Waals surface area contributed by atoms with Gasteiger partial charge in [-0.3, -0.25) is 0 Å². The van der Waals surface area contributed by atoms with Gasteiger partial charge in [0.1, 0.15) is 0 Å². The fraction of sp³-hybridized carbons (Fsp3) is 0.950. The zero-order chi connectivity index (χ0) is 18.7. The number of hydrogen-bond acceptors (Lipinski definition) is 3. The van der Waals surface area contributed by atoms with Crippen molar-refractivity contribution in [2.45, 2.75) is 92.4 Å². The Morgan fingerprint density at radius 1 is 0.708 bits per heavy atom. The molecule has 0 saturated heterocycles. The van der Waals surface area contributed by atoms with Gasteiger partial charge in [0.2, 0.25) is 0 Å². The summed E-state index contributed by atoms with van der Waals surface area (Å²) in [5.41, 5.74) is 0. The molecule has 0 aliphatic carbocycles. The second-order valence-corrected chi connectivity index (χ2v) is 6.75. The minimum Gasteiger partial charge on any atom is -0.550 e. The summed E-state index contributed by atoms with van der Waals surface area (Å²) < 4.78 is 5.42. The second kappa shape index (κ2) is 18.6. The average molecular weight is 346 g/mol.